The van der Waals surface area contributed by atoms with Crippen molar-refractivity contribution in [1.29, 1.82) is 0 Å². The molecule has 0 radical (unpaired) electrons. The van der Waals surface area contributed by atoms with E-state index in [-0.39, 0.29) is 17.3 Å². The average Bonchev–Trinajstić information content (AvgIpc) is 2.81. The zero-order chi connectivity index (χ0) is 23.0. The van der Waals surface area contributed by atoms with Crippen LogP contribution in [-0.2, 0) is 14.3 Å². The van der Waals surface area contributed by atoms with Crippen LogP contribution in [0.25, 0.3) is 0 Å². The monoisotopic (exact) mass is 440 g/mol. The van der Waals surface area contributed by atoms with Crippen LogP contribution in [0, 0.1) is 0 Å². The fourth-order valence-electron chi connectivity index (χ4n) is 2.76. The number of rotatable bonds is 13. The number of hydrogen-bond donors (Lipinski definition) is 0. The van der Waals surface area contributed by atoms with E-state index in [0.29, 0.717) is 19.0 Å². The molecule has 2 aromatic rings. The molecular formula is C25H28O7. The summed E-state index contributed by atoms with van der Waals surface area (Å²) in [5, 5.41) is 0. The van der Waals surface area contributed by atoms with Crippen LogP contribution in [0.5, 0.6) is 11.5 Å². The predicted octanol–water partition coefficient (Wildman–Crippen LogP) is 5.49. The van der Waals surface area contributed by atoms with Crippen LogP contribution in [0.3, 0.4) is 0 Å². The standard InChI is InChI=1S/C25H28O7/c1-2-23(26)30-19-11-6-4-3-5-10-18-29-21-14-16-22(17-15-21)31-25(28)32-24(27)20-12-8-7-9-13-20/h2,7-9,12-17H,1,3-6,10-11,18-19H2. The minimum absolute atomic E-state index is 0.252. The Morgan fingerprint density at radius 1 is 0.750 bits per heavy atom. The van der Waals surface area contributed by atoms with Gasteiger partial charge in [-0.05, 0) is 49.2 Å². The first kappa shape index (κ1) is 24.7. The van der Waals surface area contributed by atoms with E-state index in [9.17, 15) is 14.4 Å². The quantitative estimate of drug-likeness (QED) is 0.134. The van der Waals surface area contributed by atoms with E-state index in [1.807, 2.05) is 0 Å². The van der Waals surface area contributed by atoms with Crippen molar-refractivity contribution in [2.24, 2.45) is 0 Å². The molecule has 0 N–H and O–H groups in total. The number of unbranched alkanes of at least 4 members (excludes halogenated alkanes) is 5. The minimum atomic E-state index is -1.09. The molecule has 170 valence electrons. The second kappa shape index (κ2) is 14.4. The normalized spacial score (nSPS) is 10.1. The Hall–Kier alpha value is -3.61. The van der Waals surface area contributed by atoms with Crippen molar-refractivity contribution in [1.82, 2.24) is 0 Å². The second-order valence-corrected chi connectivity index (χ2v) is 6.92. The van der Waals surface area contributed by atoms with E-state index in [2.05, 4.69) is 11.3 Å². The highest BCUT2D eigenvalue weighted by Crippen LogP contribution is 2.19. The van der Waals surface area contributed by atoms with E-state index in [4.69, 9.17) is 14.2 Å². The van der Waals surface area contributed by atoms with E-state index in [1.165, 1.54) is 6.08 Å². The average molecular weight is 440 g/mol. The van der Waals surface area contributed by atoms with Crippen molar-refractivity contribution in [3.05, 3.63) is 72.8 Å². The van der Waals surface area contributed by atoms with Crippen molar-refractivity contribution < 1.29 is 33.3 Å². The molecule has 0 saturated carbocycles. The van der Waals surface area contributed by atoms with Gasteiger partial charge in [-0.15, -0.1) is 0 Å². The molecule has 0 aromatic heterocycles. The molecule has 7 heteroatoms. The molecule has 0 aliphatic rings. The fourth-order valence-corrected chi connectivity index (χ4v) is 2.76. The summed E-state index contributed by atoms with van der Waals surface area (Å²) in [6.45, 7) is 4.38. The number of carbonyl (C=O) groups excluding carboxylic acids is 3. The molecule has 32 heavy (non-hydrogen) atoms. The summed E-state index contributed by atoms with van der Waals surface area (Å²) in [5.41, 5.74) is 0.266. The summed E-state index contributed by atoms with van der Waals surface area (Å²) < 4.78 is 20.3. The Kier molecular flexibility index (Phi) is 11.1. The van der Waals surface area contributed by atoms with Crippen LogP contribution in [0.2, 0.25) is 0 Å². The molecule has 0 heterocycles. The van der Waals surface area contributed by atoms with E-state index < -0.39 is 12.1 Å². The molecule has 2 aromatic carbocycles. The molecule has 0 atom stereocenters. The van der Waals surface area contributed by atoms with Gasteiger partial charge in [0.2, 0.25) is 0 Å². The van der Waals surface area contributed by atoms with Gasteiger partial charge in [-0.1, -0.05) is 50.5 Å². The highest BCUT2D eigenvalue weighted by molar-refractivity contribution is 5.95. The number of hydrogen-bond acceptors (Lipinski definition) is 7. The fraction of sp³-hybridized carbons (Fsp3) is 0.320. The lowest BCUT2D eigenvalue weighted by Crippen LogP contribution is -2.16. The maximum atomic E-state index is 11.8. The topological polar surface area (TPSA) is 88.1 Å². The Bertz CT molecular complexity index is 860. The van der Waals surface area contributed by atoms with Gasteiger partial charge in [0.05, 0.1) is 18.8 Å². The van der Waals surface area contributed by atoms with Crippen molar-refractivity contribution in [3.8, 4) is 11.5 Å². The molecule has 0 amide bonds. The summed E-state index contributed by atoms with van der Waals surface area (Å²) >= 11 is 0. The lowest BCUT2D eigenvalue weighted by atomic mass is 10.1. The van der Waals surface area contributed by atoms with Gasteiger partial charge in [0, 0.05) is 6.08 Å². The number of ether oxygens (including phenoxy) is 4. The zero-order valence-electron chi connectivity index (χ0n) is 18.0. The highest BCUT2D eigenvalue weighted by atomic mass is 16.7. The first-order valence-electron chi connectivity index (χ1n) is 10.6. The maximum Gasteiger partial charge on any atom is 0.521 e. The largest absolute Gasteiger partial charge is 0.521 e. The molecule has 0 fully saturated rings. The number of esters is 2. The Morgan fingerprint density at radius 3 is 2.00 bits per heavy atom. The molecule has 0 aliphatic heterocycles. The SMILES string of the molecule is C=CC(=O)OCCCCCCCCOc1ccc(OC(=O)OC(=O)c2ccccc2)cc1. The van der Waals surface area contributed by atoms with Crippen molar-refractivity contribution >= 4 is 18.1 Å². The minimum Gasteiger partial charge on any atom is -0.494 e. The predicted molar refractivity (Wildman–Crippen MR) is 119 cm³/mol. The van der Waals surface area contributed by atoms with Gasteiger partial charge in [-0.2, -0.15) is 0 Å². The first-order chi connectivity index (χ1) is 15.6. The lowest BCUT2D eigenvalue weighted by molar-refractivity contribution is -0.137. The van der Waals surface area contributed by atoms with Crippen LogP contribution in [0.4, 0.5) is 4.79 Å². The number of carbonyl (C=O) groups is 3. The molecule has 0 saturated heterocycles. The third-order valence-corrected chi connectivity index (χ3v) is 4.43. The molecule has 0 aliphatic carbocycles. The van der Waals surface area contributed by atoms with Gasteiger partial charge in [0.25, 0.3) is 0 Å². The van der Waals surface area contributed by atoms with Gasteiger partial charge in [0.1, 0.15) is 11.5 Å². The van der Waals surface area contributed by atoms with Gasteiger partial charge in [-0.3, -0.25) is 0 Å². The molecule has 2 rings (SSSR count). The van der Waals surface area contributed by atoms with Crippen molar-refractivity contribution in [3.63, 3.8) is 0 Å². The Labute approximate surface area is 187 Å². The summed E-state index contributed by atoms with van der Waals surface area (Å²) in [6.07, 6.45) is 6.11. The van der Waals surface area contributed by atoms with Crippen LogP contribution < -0.4 is 9.47 Å². The molecule has 0 spiro atoms. The third kappa shape index (κ3) is 9.93. The summed E-state index contributed by atoms with van der Waals surface area (Å²) in [5.74, 6) is -0.233. The summed E-state index contributed by atoms with van der Waals surface area (Å²) in [7, 11) is 0. The summed E-state index contributed by atoms with van der Waals surface area (Å²) in [4.78, 5) is 34.5. The van der Waals surface area contributed by atoms with Gasteiger partial charge < -0.3 is 18.9 Å². The highest BCUT2D eigenvalue weighted by Gasteiger charge is 2.14. The Morgan fingerprint density at radius 2 is 1.34 bits per heavy atom. The van der Waals surface area contributed by atoms with Crippen molar-refractivity contribution in [2.75, 3.05) is 13.2 Å². The van der Waals surface area contributed by atoms with Crippen LogP contribution in [-0.4, -0.2) is 31.3 Å². The Balaban J connectivity index is 1.55. The van der Waals surface area contributed by atoms with E-state index in [0.717, 1.165) is 38.5 Å². The summed E-state index contributed by atoms with van der Waals surface area (Å²) in [6, 6.07) is 14.7. The smallest absolute Gasteiger partial charge is 0.494 e. The lowest BCUT2D eigenvalue weighted by Gasteiger charge is -2.08. The van der Waals surface area contributed by atoms with Crippen molar-refractivity contribution in [2.45, 2.75) is 38.5 Å². The van der Waals surface area contributed by atoms with Crippen LogP contribution in [0.15, 0.2) is 67.3 Å². The molecule has 0 unspecified atom stereocenters. The van der Waals surface area contributed by atoms with Crippen LogP contribution >= 0.6 is 0 Å². The molecule has 0 bridgehead atoms. The van der Waals surface area contributed by atoms with Gasteiger partial charge >= 0.3 is 18.1 Å². The maximum absolute atomic E-state index is 11.8. The van der Waals surface area contributed by atoms with E-state index in [1.54, 1.807) is 54.6 Å². The zero-order valence-corrected chi connectivity index (χ0v) is 18.0. The van der Waals surface area contributed by atoms with E-state index >= 15 is 0 Å². The molecule has 7 nitrogen and oxygen atoms in total. The number of benzene rings is 2. The second-order valence-electron chi connectivity index (χ2n) is 6.92. The van der Waals surface area contributed by atoms with Crippen LogP contribution in [0.1, 0.15) is 48.9 Å². The first-order valence-corrected chi connectivity index (χ1v) is 10.6. The van der Waals surface area contributed by atoms with Gasteiger partial charge in [-0.25, -0.2) is 14.4 Å². The molecular weight excluding hydrogens is 412 g/mol. The third-order valence-electron chi connectivity index (χ3n) is 4.43. The van der Waals surface area contributed by atoms with Gasteiger partial charge in [0.15, 0.2) is 0 Å².